The lowest BCUT2D eigenvalue weighted by Gasteiger charge is -2.33. The van der Waals surface area contributed by atoms with Crippen molar-refractivity contribution in [3.8, 4) is 0 Å². The molecule has 1 aromatic rings. The summed E-state index contributed by atoms with van der Waals surface area (Å²) in [5.41, 5.74) is -0.281. The van der Waals surface area contributed by atoms with E-state index in [0.29, 0.717) is 35.3 Å². The van der Waals surface area contributed by atoms with Gasteiger partial charge in [-0.25, -0.2) is 4.79 Å². The molecule has 1 atom stereocenters. The van der Waals surface area contributed by atoms with Crippen molar-refractivity contribution >= 4 is 23.5 Å². The lowest BCUT2D eigenvalue weighted by Crippen LogP contribution is -2.49. The quantitative estimate of drug-likeness (QED) is 0.816. The maximum absolute atomic E-state index is 12.4. The molecule has 8 heteroatoms. The predicted molar refractivity (Wildman–Crippen MR) is 83.7 cm³/mol. The molecular weight excluding hydrogens is 329 g/mol. The van der Waals surface area contributed by atoms with Crippen LogP contribution in [0.5, 0.6) is 0 Å². The van der Waals surface area contributed by atoms with Gasteiger partial charge in [0, 0.05) is 11.4 Å². The van der Waals surface area contributed by atoms with Gasteiger partial charge >= 0.3 is 12.2 Å². The number of aliphatic hydroxyl groups is 1. The van der Waals surface area contributed by atoms with Crippen molar-refractivity contribution in [2.45, 2.75) is 36.4 Å². The molecule has 23 heavy (non-hydrogen) atoms. The lowest BCUT2D eigenvalue weighted by molar-refractivity contribution is -0.105. The zero-order valence-electron chi connectivity index (χ0n) is 12.7. The summed E-state index contributed by atoms with van der Waals surface area (Å²) in [5, 5.41) is 12.2. The van der Waals surface area contributed by atoms with E-state index in [1.54, 1.807) is 31.2 Å². The number of hydrogen-bond donors (Lipinski definition) is 2. The highest BCUT2D eigenvalue weighted by molar-refractivity contribution is 7.99. The molecule has 128 valence electrons. The highest BCUT2D eigenvalue weighted by atomic mass is 32.2. The SMILES string of the molecule is C[C@@]1(CO)CCCN1C(=O)Nc1ccccc1SCC(F)(F)F. The summed E-state index contributed by atoms with van der Waals surface area (Å²) >= 11 is 0.637. The fourth-order valence-electron chi connectivity index (χ4n) is 2.57. The van der Waals surface area contributed by atoms with Crippen LogP contribution in [0.2, 0.25) is 0 Å². The smallest absolute Gasteiger partial charge is 0.394 e. The summed E-state index contributed by atoms with van der Waals surface area (Å²) in [7, 11) is 0. The number of thioether (sulfide) groups is 1. The van der Waals surface area contributed by atoms with Gasteiger partial charge in [-0.15, -0.1) is 11.8 Å². The Bertz CT molecular complexity index is 568. The molecule has 0 saturated carbocycles. The Hall–Kier alpha value is -1.41. The minimum Gasteiger partial charge on any atom is -0.394 e. The highest BCUT2D eigenvalue weighted by Crippen LogP contribution is 2.33. The summed E-state index contributed by atoms with van der Waals surface area (Å²) in [4.78, 5) is 14.3. The zero-order valence-corrected chi connectivity index (χ0v) is 13.5. The number of benzene rings is 1. The summed E-state index contributed by atoms with van der Waals surface area (Å²) in [6.45, 7) is 2.16. The van der Waals surface area contributed by atoms with Gasteiger partial charge in [0.05, 0.1) is 23.6 Å². The van der Waals surface area contributed by atoms with Gasteiger partial charge in [-0.1, -0.05) is 12.1 Å². The summed E-state index contributed by atoms with van der Waals surface area (Å²) in [6.07, 6.45) is -2.79. The van der Waals surface area contributed by atoms with Gasteiger partial charge in [0.15, 0.2) is 0 Å². The molecule has 0 bridgehead atoms. The minimum absolute atomic E-state index is 0.148. The predicted octanol–water partition coefficient (Wildman–Crippen LogP) is 3.72. The second kappa shape index (κ2) is 7.00. The second-order valence-electron chi connectivity index (χ2n) is 5.74. The average molecular weight is 348 g/mol. The third-order valence-electron chi connectivity index (χ3n) is 3.85. The molecule has 2 amide bonds. The molecule has 0 aromatic heterocycles. The third kappa shape index (κ3) is 4.54. The van der Waals surface area contributed by atoms with Crippen molar-refractivity contribution in [3.63, 3.8) is 0 Å². The maximum Gasteiger partial charge on any atom is 0.398 e. The van der Waals surface area contributed by atoms with Crippen LogP contribution < -0.4 is 5.32 Å². The Labute approximate surface area is 137 Å². The van der Waals surface area contributed by atoms with Gasteiger partial charge in [-0.3, -0.25) is 0 Å². The van der Waals surface area contributed by atoms with Gasteiger partial charge in [0.25, 0.3) is 0 Å². The number of aliphatic hydroxyl groups excluding tert-OH is 1. The topological polar surface area (TPSA) is 52.6 Å². The molecule has 1 aliphatic heterocycles. The Morgan fingerprint density at radius 1 is 1.43 bits per heavy atom. The number of halogens is 3. The molecule has 1 aliphatic rings. The molecule has 0 unspecified atom stereocenters. The number of hydrogen-bond acceptors (Lipinski definition) is 3. The number of alkyl halides is 3. The molecule has 4 nitrogen and oxygen atoms in total. The van der Waals surface area contributed by atoms with Crippen molar-refractivity contribution in [2.75, 3.05) is 24.2 Å². The van der Waals surface area contributed by atoms with E-state index in [0.717, 1.165) is 6.42 Å². The van der Waals surface area contributed by atoms with Crippen LogP contribution in [0.4, 0.5) is 23.7 Å². The normalized spacial score (nSPS) is 21.5. The first-order valence-electron chi connectivity index (χ1n) is 7.23. The van der Waals surface area contributed by atoms with Gasteiger partial charge in [-0.2, -0.15) is 13.2 Å². The number of urea groups is 1. The molecule has 2 N–H and O–H groups in total. The van der Waals surface area contributed by atoms with Crippen molar-refractivity contribution in [1.29, 1.82) is 0 Å². The van der Waals surface area contributed by atoms with Crippen molar-refractivity contribution in [1.82, 2.24) is 4.90 Å². The first-order chi connectivity index (χ1) is 10.7. The Morgan fingerprint density at radius 2 is 2.13 bits per heavy atom. The van der Waals surface area contributed by atoms with E-state index in [1.807, 2.05) is 0 Å². The largest absolute Gasteiger partial charge is 0.398 e. The first kappa shape index (κ1) is 17.9. The number of carbonyl (C=O) groups is 1. The lowest BCUT2D eigenvalue weighted by atomic mass is 10.0. The Morgan fingerprint density at radius 3 is 2.78 bits per heavy atom. The number of para-hydroxylation sites is 1. The monoisotopic (exact) mass is 348 g/mol. The van der Waals surface area contributed by atoms with Crippen LogP contribution in [0, 0.1) is 0 Å². The van der Waals surface area contributed by atoms with Gasteiger partial charge in [-0.05, 0) is 31.9 Å². The molecule has 1 heterocycles. The van der Waals surface area contributed by atoms with Crippen LogP contribution in [0.15, 0.2) is 29.2 Å². The van der Waals surface area contributed by atoms with E-state index in [2.05, 4.69) is 5.32 Å². The van der Waals surface area contributed by atoms with Crippen molar-refractivity contribution < 1.29 is 23.1 Å². The van der Waals surface area contributed by atoms with E-state index >= 15 is 0 Å². The summed E-state index contributed by atoms with van der Waals surface area (Å²) in [6, 6.07) is 5.99. The van der Waals surface area contributed by atoms with E-state index in [9.17, 15) is 23.1 Å². The van der Waals surface area contributed by atoms with Crippen LogP contribution in [-0.4, -0.2) is 46.7 Å². The fourth-order valence-corrected chi connectivity index (χ4v) is 3.34. The van der Waals surface area contributed by atoms with E-state index < -0.39 is 23.5 Å². The second-order valence-corrected chi connectivity index (χ2v) is 6.76. The van der Waals surface area contributed by atoms with E-state index in [4.69, 9.17) is 0 Å². The van der Waals surface area contributed by atoms with Gasteiger partial charge in [0.1, 0.15) is 0 Å². The van der Waals surface area contributed by atoms with Crippen LogP contribution in [0.3, 0.4) is 0 Å². The van der Waals surface area contributed by atoms with Crippen LogP contribution in [0.1, 0.15) is 19.8 Å². The summed E-state index contributed by atoms with van der Waals surface area (Å²) in [5.74, 6) is -1.02. The van der Waals surface area contributed by atoms with Crippen molar-refractivity contribution in [2.24, 2.45) is 0 Å². The molecule has 0 radical (unpaired) electrons. The van der Waals surface area contributed by atoms with Crippen molar-refractivity contribution in [3.05, 3.63) is 24.3 Å². The number of carbonyl (C=O) groups excluding carboxylic acids is 1. The van der Waals surface area contributed by atoms with Crippen LogP contribution in [0.25, 0.3) is 0 Å². The number of nitrogens with zero attached hydrogens (tertiary/aromatic N) is 1. The molecule has 1 saturated heterocycles. The highest BCUT2D eigenvalue weighted by Gasteiger charge is 2.39. The molecule has 2 rings (SSSR count). The minimum atomic E-state index is -4.27. The number of anilines is 1. The molecule has 0 spiro atoms. The number of nitrogens with one attached hydrogen (secondary N) is 1. The number of likely N-dealkylation sites (tertiary alicyclic amines) is 1. The molecule has 1 fully saturated rings. The number of rotatable bonds is 4. The molecular formula is C15H19F3N2O2S. The zero-order chi connectivity index (χ0) is 17.1. The fraction of sp³-hybridized carbons (Fsp3) is 0.533. The third-order valence-corrected chi connectivity index (χ3v) is 4.99. The Kier molecular flexibility index (Phi) is 5.46. The Balaban J connectivity index is 2.09. The molecule has 0 aliphatic carbocycles. The van der Waals surface area contributed by atoms with E-state index in [-0.39, 0.29) is 6.61 Å². The van der Waals surface area contributed by atoms with Crippen LogP contribution >= 0.6 is 11.8 Å². The maximum atomic E-state index is 12.4. The van der Waals surface area contributed by atoms with Gasteiger partial charge < -0.3 is 15.3 Å². The first-order valence-corrected chi connectivity index (χ1v) is 8.22. The van der Waals surface area contributed by atoms with Gasteiger partial charge in [0.2, 0.25) is 0 Å². The molecule has 1 aromatic carbocycles. The van der Waals surface area contributed by atoms with E-state index in [1.165, 1.54) is 4.90 Å². The standard InChI is InChI=1S/C15H19F3N2O2S/c1-14(9-21)7-4-8-20(14)13(22)19-11-5-2-3-6-12(11)23-10-15(16,17)18/h2-3,5-6,21H,4,7-10H2,1H3,(H,19,22)/t14-/m0/s1. The summed E-state index contributed by atoms with van der Waals surface area (Å²) < 4.78 is 37.2. The van der Waals surface area contributed by atoms with Crippen LogP contribution in [-0.2, 0) is 0 Å². The number of amides is 2. The average Bonchev–Trinajstić information content (AvgIpc) is 2.88.